The van der Waals surface area contributed by atoms with Crippen LogP contribution in [-0.2, 0) is 9.53 Å². The first-order valence-electron chi connectivity index (χ1n) is 5.42. The molecule has 17 heavy (non-hydrogen) atoms. The van der Waals surface area contributed by atoms with Crippen LogP contribution in [0.25, 0.3) is 0 Å². The number of carbonyl (C=O) groups excluding carboxylic acids is 2. The molecule has 1 amide bonds. The van der Waals surface area contributed by atoms with Gasteiger partial charge in [-0.05, 0) is 13.3 Å². The van der Waals surface area contributed by atoms with Gasteiger partial charge in [0.2, 0.25) is 5.76 Å². The zero-order chi connectivity index (χ0) is 12.4. The summed E-state index contributed by atoms with van der Waals surface area (Å²) in [5, 5.41) is 3.57. The average molecular weight is 238 g/mol. The van der Waals surface area contributed by atoms with E-state index in [1.807, 2.05) is 0 Å². The zero-order valence-corrected chi connectivity index (χ0v) is 9.80. The van der Waals surface area contributed by atoms with E-state index in [9.17, 15) is 9.59 Å². The van der Waals surface area contributed by atoms with E-state index in [0.717, 1.165) is 0 Å². The molecule has 1 aliphatic heterocycles. The molecule has 1 fully saturated rings. The lowest BCUT2D eigenvalue weighted by atomic mass is 10.1. The first-order valence-corrected chi connectivity index (χ1v) is 5.42. The van der Waals surface area contributed by atoms with Crippen molar-refractivity contribution in [3.63, 3.8) is 0 Å². The van der Waals surface area contributed by atoms with Gasteiger partial charge in [0.05, 0.1) is 19.2 Å². The number of rotatable bonds is 2. The Morgan fingerprint density at radius 1 is 1.59 bits per heavy atom. The first kappa shape index (κ1) is 11.6. The van der Waals surface area contributed by atoms with Crippen molar-refractivity contribution in [1.29, 1.82) is 0 Å². The largest absolute Gasteiger partial charge is 0.469 e. The predicted molar refractivity (Wildman–Crippen MR) is 57.3 cm³/mol. The Morgan fingerprint density at radius 2 is 2.35 bits per heavy atom. The maximum atomic E-state index is 12.0. The summed E-state index contributed by atoms with van der Waals surface area (Å²) in [7, 11) is 1.35. The molecule has 2 rings (SSSR count). The molecule has 1 aromatic rings. The highest BCUT2D eigenvalue weighted by Crippen LogP contribution is 2.20. The lowest BCUT2D eigenvalue weighted by Crippen LogP contribution is -2.30. The lowest BCUT2D eigenvalue weighted by molar-refractivity contribution is -0.144. The lowest BCUT2D eigenvalue weighted by Gasteiger charge is -2.14. The van der Waals surface area contributed by atoms with E-state index in [1.165, 1.54) is 13.3 Å². The van der Waals surface area contributed by atoms with Crippen molar-refractivity contribution in [3.05, 3.63) is 17.5 Å². The third-order valence-corrected chi connectivity index (χ3v) is 2.95. The fourth-order valence-corrected chi connectivity index (χ4v) is 1.94. The Morgan fingerprint density at radius 3 is 2.94 bits per heavy atom. The van der Waals surface area contributed by atoms with Crippen molar-refractivity contribution in [2.75, 3.05) is 20.2 Å². The number of aryl methyl sites for hydroxylation is 1. The molecule has 0 radical (unpaired) electrons. The summed E-state index contributed by atoms with van der Waals surface area (Å²) in [6.45, 7) is 2.68. The minimum Gasteiger partial charge on any atom is -0.469 e. The standard InChI is InChI=1S/C11H14N2O4/c1-7-5-12-17-9(7)10(14)13-4-3-8(6-13)11(15)16-2/h5,8H,3-4,6H2,1-2H3. The Bertz CT molecular complexity index is 440. The van der Waals surface area contributed by atoms with Crippen LogP contribution in [0.15, 0.2) is 10.7 Å². The molecule has 2 heterocycles. The van der Waals surface area contributed by atoms with Crippen LogP contribution in [0, 0.1) is 12.8 Å². The van der Waals surface area contributed by atoms with Crippen LogP contribution in [0.4, 0.5) is 0 Å². The number of esters is 1. The van der Waals surface area contributed by atoms with Gasteiger partial charge in [0, 0.05) is 18.7 Å². The van der Waals surface area contributed by atoms with E-state index >= 15 is 0 Å². The Hall–Kier alpha value is -1.85. The van der Waals surface area contributed by atoms with Gasteiger partial charge in [-0.2, -0.15) is 0 Å². The highest BCUT2D eigenvalue weighted by molar-refractivity contribution is 5.93. The Labute approximate surface area is 98.5 Å². The molecular formula is C11H14N2O4. The van der Waals surface area contributed by atoms with Crippen LogP contribution in [-0.4, -0.2) is 42.1 Å². The number of nitrogens with zero attached hydrogens (tertiary/aromatic N) is 2. The normalized spacial score (nSPS) is 19.4. The molecule has 0 aliphatic carbocycles. The number of hydrogen-bond donors (Lipinski definition) is 0. The molecule has 1 aromatic heterocycles. The molecule has 6 heteroatoms. The zero-order valence-electron chi connectivity index (χ0n) is 9.80. The minimum absolute atomic E-state index is 0.216. The van der Waals surface area contributed by atoms with Gasteiger partial charge in [-0.15, -0.1) is 0 Å². The van der Waals surface area contributed by atoms with Gasteiger partial charge in [-0.25, -0.2) is 0 Å². The monoisotopic (exact) mass is 238 g/mol. The fourth-order valence-electron chi connectivity index (χ4n) is 1.94. The minimum atomic E-state index is -0.269. The van der Waals surface area contributed by atoms with Crippen molar-refractivity contribution in [3.8, 4) is 0 Å². The Kier molecular flexibility index (Phi) is 3.12. The first-order chi connectivity index (χ1) is 8.13. The number of amides is 1. The number of carbonyl (C=O) groups is 2. The van der Waals surface area contributed by atoms with Gasteiger partial charge >= 0.3 is 5.97 Å². The molecule has 92 valence electrons. The van der Waals surface area contributed by atoms with Crippen molar-refractivity contribution in [2.24, 2.45) is 5.92 Å². The molecule has 1 aliphatic rings. The van der Waals surface area contributed by atoms with Crippen LogP contribution in [0.3, 0.4) is 0 Å². The van der Waals surface area contributed by atoms with Gasteiger partial charge in [0.25, 0.3) is 5.91 Å². The number of aromatic nitrogens is 1. The topological polar surface area (TPSA) is 72.6 Å². The summed E-state index contributed by atoms with van der Waals surface area (Å²) in [6.07, 6.45) is 2.13. The molecule has 1 saturated heterocycles. The molecule has 1 atom stereocenters. The van der Waals surface area contributed by atoms with Gasteiger partial charge in [0.1, 0.15) is 0 Å². The summed E-state index contributed by atoms with van der Waals surface area (Å²) in [6, 6.07) is 0. The molecule has 0 bridgehead atoms. The second kappa shape index (κ2) is 4.57. The summed E-state index contributed by atoms with van der Waals surface area (Å²) in [5.74, 6) is -0.469. The van der Waals surface area contributed by atoms with E-state index in [-0.39, 0.29) is 23.6 Å². The fraction of sp³-hybridized carbons (Fsp3) is 0.545. The summed E-state index contributed by atoms with van der Waals surface area (Å²) < 4.78 is 9.57. The molecule has 0 saturated carbocycles. The van der Waals surface area contributed by atoms with Crippen molar-refractivity contribution in [1.82, 2.24) is 10.1 Å². The molecule has 1 unspecified atom stereocenters. The van der Waals surface area contributed by atoms with Crippen molar-refractivity contribution in [2.45, 2.75) is 13.3 Å². The maximum Gasteiger partial charge on any atom is 0.310 e. The van der Waals surface area contributed by atoms with Crippen LogP contribution in [0.5, 0.6) is 0 Å². The van der Waals surface area contributed by atoms with E-state index in [4.69, 9.17) is 4.52 Å². The van der Waals surface area contributed by atoms with E-state index in [0.29, 0.717) is 25.1 Å². The second-order valence-electron chi connectivity index (χ2n) is 4.10. The quantitative estimate of drug-likeness (QED) is 0.706. The third kappa shape index (κ3) is 2.15. The molecule has 0 spiro atoms. The number of methoxy groups -OCH3 is 1. The third-order valence-electron chi connectivity index (χ3n) is 2.95. The second-order valence-corrected chi connectivity index (χ2v) is 4.10. The van der Waals surface area contributed by atoms with Gasteiger partial charge in [-0.3, -0.25) is 9.59 Å². The SMILES string of the molecule is COC(=O)C1CCN(C(=O)c2oncc2C)C1. The van der Waals surface area contributed by atoms with E-state index in [1.54, 1.807) is 11.8 Å². The summed E-state index contributed by atoms with van der Waals surface area (Å²) in [4.78, 5) is 25.0. The molecule has 0 N–H and O–H groups in total. The van der Waals surface area contributed by atoms with Crippen LogP contribution in [0.2, 0.25) is 0 Å². The van der Waals surface area contributed by atoms with Gasteiger partial charge in [0.15, 0.2) is 0 Å². The van der Waals surface area contributed by atoms with Gasteiger partial charge < -0.3 is 14.2 Å². The van der Waals surface area contributed by atoms with E-state index < -0.39 is 0 Å². The molecular weight excluding hydrogens is 224 g/mol. The van der Waals surface area contributed by atoms with Crippen molar-refractivity contribution < 1.29 is 18.8 Å². The van der Waals surface area contributed by atoms with Crippen LogP contribution in [0.1, 0.15) is 22.5 Å². The average Bonchev–Trinajstić information content (AvgIpc) is 2.95. The predicted octanol–water partition coefficient (Wildman–Crippen LogP) is 0.618. The van der Waals surface area contributed by atoms with Crippen LogP contribution < -0.4 is 0 Å². The van der Waals surface area contributed by atoms with Crippen LogP contribution >= 0.6 is 0 Å². The Balaban J connectivity index is 2.04. The van der Waals surface area contributed by atoms with E-state index in [2.05, 4.69) is 9.89 Å². The summed E-state index contributed by atoms with van der Waals surface area (Å²) in [5.41, 5.74) is 0.705. The highest BCUT2D eigenvalue weighted by atomic mass is 16.5. The molecule has 6 nitrogen and oxygen atoms in total. The number of hydrogen-bond acceptors (Lipinski definition) is 5. The number of ether oxygens (including phenoxy) is 1. The summed E-state index contributed by atoms with van der Waals surface area (Å²) >= 11 is 0. The highest BCUT2D eigenvalue weighted by Gasteiger charge is 2.33. The molecule has 0 aromatic carbocycles. The number of likely N-dealkylation sites (tertiary alicyclic amines) is 1. The smallest absolute Gasteiger partial charge is 0.310 e. The van der Waals surface area contributed by atoms with Crippen molar-refractivity contribution >= 4 is 11.9 Å². The maximum absolute atomic E-state index is 12.0. The van der Waals surface area contributed by atoms with Gasteiger partial charge in [-0.1, -0.05) is 5.16 Å².